The van der Waals surface area contributed by atoms with Crippen molar-refractivity contribution in [2.75, 3.05) is 0 Å². The molecular weight excluding hydrogens is 240 g/mol. The Morgan fingerprint density at radius 1 is 1.47 bits per heavy atom. The second kappa shape index (κ2) is 3.74. The minimum absolute atomic E-state index is 0.167. The largest absolute Gasteiger partial charge is 0.478 e. The summed E-state index contributed by atoms with van der Waals surface area (Å²) in [5.41, 5.74) is 0.416. The van der Waals surface area contributed by atoms with Crippen LogP contribution in [0.15, 0.2) is 18.3 Å². The second-order valence-corrected chi connectivity index (χ2v) is 5.28. The van der Waals surface area contributed by atoms with Crippen molar-refractivity contribution >= 4 is 23.1 Å². The number of aromatic carboxylic acids is 1. The van der Waals surface area contributed by atoms with E-state index in [1.54, 1.807) is 16.7 Å². The van der Waals surface area contributed by atoms with E-state index in [1.807, 2.05) is 20.8 Å². The van der Waals surface area contributed by atoms with Crippen molar-refractivity contribution < 1.29 is 9.90 Å². The number of aromatic nitrogens is 2. The van der Waals surface area contributed by atoms with Gasteiger partial charge in [-0.3, -0.25) is 0 Å². The van der Waals surface area contributed by atoms with Crippen LogP contribution in [0.5, 0.6) is 0 Å². The monoisotopic (exact) mass is 252 g/mol. The van der Waals surface area contributed by atoms with Gasteiger partial charge in [-0.1, -0.05) is 32.4 Å². The van der Waals surface area contributed by atoms with Crippen molar-refractivity contribution in [1.82, 2.24) is 9.38 Å². The van der Waals surface area contributed by atoms with E-state index in [2.05, 4.69) is 4.98 Å². The molecule has 0 saturated heterocycles. The van der Waals surface area contributed by atoms with Gasteiger partial charge in [0.05, 0.1) is 11.1 Å². The number of fused-ring (bicyclic) bond motifs is 1. The highest BCUT2D eigenvalue weighted by Crippen LogP contribution is 2.28. The summed E-state index contributed by atoms with van der Waals surface area (Å²) >= 11 is 6.04. The molecule has 2 heterocycles. The van der Waals surface area contributed by atoms with Crippen LogP contribution in [0.3, 0.4) is 0 Å². The molecule has 5 heteroatoms. The van der Waals surface area contributed by atoms with E-state index in [0.29, 0.717) is 5.52 Å². The van der Waals surface area contributed by atoms with Crippen molar-refractivity contribution in [3.05, 3.63) is 34.9 Å². The van der Waals surface area contributed by atoms with Crippen molar-refractivity contribution in [2.24, 2.45) is 0 Å². The van der Waals surface area contributed by atoms with Gasteiger partial charge in [0, 0.05) is 11.6 Å². The molecule has 2 rings (SSSR count). The molecular formula is C12H13ClN2O2. The summed E-state index contributed by atoms with van der Waals surface area (Å²) in [5, 5.41) is 9.35. The quantitative estimate of drug-likeness (QED) is 0.849. The standard InChI is InChI=1S/C12H13ClN2O2/c1-12(2,3)11-14-9(13)8-7(10(16)17)5-4-6-15(8)11/h4-6H,1-3H3,(H,16,17). The Morgan fingerprint density at radius 2 is 2.12 bits per heavy atom. The van der Waals surface area contributed by atoms with Crippen molar-refractivity contribution in [2.45, 2.75) is 26.2 Å². The first-order chi connectivity index (χ1) is 7.82. The molecule has 2 aromatic rings. The summed E-state index contributed by atoms with van der Waals surface area (Å²) in [6.07, 6.45) is 1.78. The van der Waals surface area contributed by atoms with Gasteiger partial charge in [-0.15, -0.1) is 0 Å². The fraction of sp³-hybridized carbons (Fsp3) is 0.333. The molecule has 2 aromatic heterocycles. The summed E-state index contributed by atoms with van der Waals surface area (Å²) in [4.78, 5) is 15.4. The van der Waals surface area contributed by atoms with Crippen LogP contribution in [0.2, 0.25) is 5.15 Å². The first kappa shape index (κ1) is 11.9. The zero-order valence-electron chi connectivity index (χ0n) is 9.86. The van der Waals surface area contributed by atoms with Crippen LogP contribution in [0.4, 0.5) is 0 Å². The molecule has 0 fully saturated rings. The number of hydrogen-bond donors (Lipinski definition) is 1. The van der Waals surface area contributed by atoms with Gasteiger partial charge in [0.2, 0.25) is 0 Å². The van der Waals surface area contributed by atoms with Gasteiger partial charge < -0.3 is 9.51 Å². The summed E-state index contributed by atoms with van der Waals surface area (Å²) in [5.74, 6) is -0.251. The third-order valence-electron chi connectivity index (χ3n) is 2.52. The maximum Gasteiger partial charge on any atom is 0.337 e. The molecule has 0 aliphatic carbocycles. The summed E-state index contributed by atoms with van der Waals surface area (Å²) in [6.45, 7) is 6.02. The van der Waals surface area contributed by atoms with Gasteiger partial charge in [0.15, 0.2) is 5.15 Å². The lowest BCUT2D eigenvalue weighted by Gasteiger charge is -2.16. The van der Waals surface area contributed by atoms with E-state index in [-0.39, 0.29) is 16.1 Å². The Bertz CT molecular complexity index is 596. The van der Waals surface area contributed by atoms with Crippen LogP contribution in [0.1, 0.15) is 37.0 Å². The fourth-order valence-electron chi connectivity index (χ4n) is 1.80. The van der Waals surface area contributed by atoms with Gasteiger partial charge in [0.1, 0.15) is 5.82 Å². The lowest BCUT2D eigenvalue weighted by molar-refractivity contribution is 0.0698. The minimum Gasteiger partial charge on any atom is -0.478 e. The number of nitrogens with zero attached hydrogens (tertiary/aromatic N) is 2. The maximum atomic E-state index is 11.1. The molecule has 0 aliphatic heterocycles. The summed E-state index contributed by atoms with van der Waals surface area (Å²) in [6, 6.07) is 3.21. The zero-order valence-corrected chi connectivity index (χ0v) is 10.6. The highest BCUT2D eigenvalue weighted by Gasteiger charge is 2.24. The molecule has 1 N–H and O–H groups in total. The second-order valence-electron chi connectivity index (χ2n) is 4.92. The molecule has 0 unspecified atom stereocenters. The van der Waals surface area contributed by atoms with Crippen LogP contribution in [-0.2, 0) is 5.41 Å². The molecule has 90 valence electrons. The number of carboxylic acids is 1. The topological polar surface area (TPSA) is 54.6 Å². The van der Waals surface area contributed by atoms with Crippen LogP contribution in [0, 0.1) is 0 Å². The molecule has 4 nitrogen and oxygen atoms in total. The zero-order chi connectivity index (χ0) is 12.8. The number of carboxylic acid groups (broad SMARTS) is 1. The molecule has 0 radical (unpaired) electrons. The maximum absolute atomic E-state index is 11.1. The van der Waals surface area contributed by atoms with Gasteiger partial charge in [-0.2, -0.15) is 0 Å². The van der Waals surface area contributed by atoms with Gasteiger partial charge in [0.25, 0.3) is 0 Å². The van der Waals surface area contributed by atoms with Crippen molar-refractivity contribution in [3.63, 3.8) is 0 Å². The molecule has 0 aliphatic rings. The Balaban J connectivity index is 2.87. The minimum atomic E-state index is -1.00. The van der Waals surface area contributed by atoms with Crippen molar-refractivity contribution in [3.8, 4) is 0 Å². The number of carbonyl (C=O) groups is 1. The molecule has 0 spiro atoms. The lowest BCUT2D eigenvalue weighted by Crippen LogP contribution is -2.16. The average Bonchev–Trinajstić information content (AvgIpc) is 2.56. The third-order valence-corrected chi connectivity index (χ3v) is 2.79. The third kappa shape index (κ3) is 1.89. The first-order valence-electron chi connectivity index (χ1n) is 5.22. The molecule has 0 amide bonds. The molecule has 0 bridgehead atoms. The van der Waals surface area contributed by atoms with E-state index < -0.39 is 5.97 Å². The van der Waals surface area contributed by atoms with E-state index in [1.165, 1.54) is 6.07 Å². The SMILES string of the molecule is CC(C)(C)c1nc(Cl)c2c(C(=O)O)cccn12. The smallest absolute Gasteiger partial charge is 0.337 e. The Hall–Kier alpha value is -1.55. The molecule has 0 saturated carbocycles. The molecule has 0 atom stereocenters. The highest BCUT2D eigenvalue weighted by molar-refractivity contribution is 6.33. The normalized spacial score (nSPS) is 12.0. The lowest BCUT2D eigenvalue weighted by atomic mass is 9.96. The van der Waals surface area contributed by atoms with Gasteiger partial charge >= 0.3 is 5.97 Å². The van der Waals surface area contributed by atoms with Gasteiger partial charge in [-0.25, -0.2) is 9.78 Å². The molecule has 17 heavy (non-hydrogen) atoms. The Kier molecular flexibility index (Phi) is 2.62. The predicted octanol–water partition coefficient (Wildman–Crippen LogP) is 2.98. The number of rotatable bonds is 1. The predicted molar refractivity (Wildman–Crippen MR) is 65.9 cm³/mol. The first-order valence-corrected chi connectivity index (χ1v) is 5.60. The van der Waals surface area contributed by atoms with Crippen molar-refractivity contribution in [1.29, 1.82) is 0 Å². The number of hydrogen-bond acceptors (Lipinski definition) is 2. The Labute approximate surface area is 104 Å². The average molecular weight is 253 g/mol. The van der Waals surface area contributed by atoms with Crippen LogP contribution < -0.4 is 0 Å². The fourth-order valence-corrected chi connectivity index (χ4v) is 2.07. The number of imidazole rings is 1. The van der Waals surface area contributed by atoms with Crippen LogP contribution in [0.25, 0.3) is 5.52 Å². The van der Waals surface area contributed by atoms with Gasteiger partial charge in [-0.05, 0) is 12.1 Å². The number of pyridine rings is 1. The van der Waals surface area contributed by atoms with Crippen LogP contribution >= 0.6 is 11.6 Å². The van der Waals surface area contributed by atoms with E-state index >= 15 is 0 Å². The van der Waals surface area contributed by atoms with E-state index in [9.17, 15) is 4.79 Å². The summed E-state index contributed by atoms with van der Waals surface area (Å²) < 4.78 is 1.74. The van der Waals surface area contributed by atoms with E-state index in [0.717, 1.165) is 5.82 Å². The van der Waals surface area contributed by atoms with Crippen LogP contribution in [-0.4, -0.2) is 20.5 Å². The highest BCUT2D eigenvalue weighted by atomic mass is 35.5. The van der Waals surface area contributed by atoms with E-state index in [4.69, 9.17) is 16.7 Å². The summed E-state index contributed by atoms with van der Waals surface area (Å²) in [7, 11) is 0. The Morgan fingerprint density at radius 3 is 2.65 bits per heavy atom. The molecule has 0 aromatic carbocycles. The number of halogens is 1.